The molecule has 0 spiro atoms. The van der Waals surface area contributed by atoms with Crippen LogP contribution < -0.4 is 5.73 Å². The summed E-state index contributed by atoms with van der Waals surface area (Å²) in [6.45, 7) is 0. The van der Waals surface area contributed by atoms with E-state index in [-0.39, 0.29) is 6.04 Å². The number of halogens is 2. The van der Waals surface area contributed by atoms with Gasteiger partial charge in [-0.1, -0.05) is 12.1 Å². The summed E-state index contributed by atoms with van der Waals surface area (Å²) < 4.78 is 26.1. The SMILES string of the molecule is CSCCC(N)Cc1cccc(F)c1F. The minimum absolute atomic E-state index is 0.103. The Kier molecular flexibility index (Phi) is 5.05. The molecule has 0 aromatic heterocycles. The quantitative estimate of drug-likeness (QED) is 0.843. The van der Waals surface area contributed by atoms with Gasteiger partial charge in [0, 0.05) is 6.04 Å². The van der Waals surface area contributed by atoms with Gasteiger partial charge in [-0.3, -0.25) is 0 Å². The van der Waals surface area contributed by atoms with Gasteiger partial charge < -0.3 is 5.73 Å². The van der Waals surface area contributed by atoms with Crippen LogP contribution in [0, 0.1) is 11.6 Å². The van der Waals surface area contributed by atoms with Crippen molar-refractivity contribution in [1.29, 1.82) is 0 Å². The highest BCUT2D eigenvalue weighted by molar-refractivity contribution is 7.98. The van der Waals surface area contributed by atoms with Crippen LogP contribution in [-0.2, 0) is 6.42 Å². The number of hydrogen-bond acceptors (Lipinski definition) is 2. The van der Waals surface area contributed by atoms with Crippen LogP contribution in [0.1, 0.15) is 12.0 Å². The van der Waals surface area contributed by atoms with E-state index in [0.717, 1.165) is 18.2 Å². The summed E-state index contributed by atoms with van der Waals surface area (Å²) >= 11 is 1.70. The molecular formula is C11H15F2NS. The molecule has 1 unspecified atom stereocenters. The lowest BCUT2D eigenvalue weighted by Crippen LogP contribution is -2.24. The van der Waals surface area contributed by atoms with Gasteiger partial charge in [0.25, 0.3) is 0 Å². The first kappa shape index (κ1) is 12.5. The second-order valence-corrected chi connectivity index (χ2v) is 4.44. The summed E-state index contributed by atoms with van der Waals surface area (Å²) in [5.41, 5.74) is 6.17. The molecule has 1 nitrogen and oxygen atoms in total. The van der Waals surface area contributed by atoms with Gasteiger partial charge in [-0.15, -0.1) is 0 Å². The second kappa shape index (κ2) is 6.08. The molecule has 0 aliphatic rings. The van der Waals surface area contributed by atoms with Crippen molar-refractivity contribution >= 4 is 11.8 Å². The number of nitrogens with two attached hydrogens (primary N) is 1. The molecule has 1 atom stereocenters. The van der Waals surface area contributed by atoms with E-state index in [1.165, 1.54) is 6.07 Å². The molecule has 0 saturated heterocycles. The van der Waals surface area contributed by atoms with Gasteiger partial charge in [-0.05, 0) is 36.5 Å². The van der Waals surface area contributed by atoms with E-state index in [0.29, 0.717) is 12.0 Å². The van der Waals surface area contributed by atoms with Crippen LogP contribution in [0.25, 0.3) is 0 Å². The summed E-state index contributed by atoms with van der Waals surface area (Å²) in [5.74, 6) is -0.625. The van der Waals surface area contributed by atoms with Crippen molar-refractivity contribution in [3.63, 3.8) is 0 Å². The van der Waals surface area contributed by atoms with Crippen LogP contribution in [0.4, 0.5) is 8.78 Å². The van der Waals surface area contributed by atoms with Gasteiger partial charge in [0.1, 0.15) is 0 Å². The van der Waals surface area contributed by atoms with Crippen molar-refractivity contribution in [3.05, 3.63) is 35.4 Å². The Hall–Kier alpha value is -0.610. The Bertz CT molecular complexity index is 317. The predicted molar refractivity (Wildman–Crippen MR) is 61.0 cm³/mol. The van der Waals surface area contributed by atoms with Crippen LogP contribution in [0.2, 0.25) is 0 Å². The molecular weight excluding hydrogens is 216 g/mol. The van der Waals surface area contributed by atoms with Crippen LogP contribution in [0.3, 0.4) is 0 Å². The largest absolute Gasteiger partial charge is 0.327 e. The van der Waals surface area contributed by atoms with Gasteiger partial charge >= 0.3 is 0 Å². The summed E-state index contributed by atoms with van der Waals surface area (Å²) in [5, 5.41) is 0. The van der Waals surface area contributed by atoms with Crippen LogP contribution in [0.5, 0.6) is 0 Å². The first-order valence-corrected chi connectivity index (χ1v) is 6.22. The minimum atomic E-state index is -0.801. The van der Waals surface area contributed by atoms with Crippen molar-refractivity contribution in [2.45, 2.75) is 18.9 Å². The predicted octanol–water partition coefficient (Wildman–Crippen LogP) is 2.59. The Morgan fingerprint density at radius 2 is 2.13 bits per heavy atom. The maximum absolute atomic E-state index is 13.2. The van der Waals surface area contributed by atoms with Gasteiger partial charge in [-0.2, -0.15) is 11.8 Å². The molecule has 0 bridgehead atoms. The molecule has 4 heteroatoms. The van der Waals surface area contributed by atoms with Crippen LogP contribution in [-0.4, -0.2) is 18.1 Å². The molecule has 1 rings (SSSR count). The fraction of sp³-hybridized carbons (Fsp3) is 0.455. The second-order valence-electron chi connectivity index (χ2n) is 3.46. The van der Waals surface area contributed by atoms with E-state index in [4.69, 9.17) is 5.73 Å². The fourth-order valence-corrected chi connectivity index (χ4v) is 1.90. The third kappa shape index (κ3) is 3.80. The number of thioether (sulfide) groups is 1. The first-order chi connectivity index (χ1) is 7.15. The third-order valence-electron chi connectivity index (χ3n) is 2.21. The lowest BCUT2D eigenvalue weighted by Gasteiger charge is -2.11. The number of benzene rings is 1. The zero-order chi connectivity index (χ0) is 11.3. The molecule has 0 radical (unpaired) electrons. The Morgan fingerprint density at radius 3 is 2.80 bits per heavy atom. The Balaban J connectivity index is 2.60. The molecule has 0 amide bonds. The topological polar surface area (TPSA) is 26.0 Å². The summed E-state index contributed by atoms with van der Waals surface area (Å²) in [4.78, 5) is 0. The maximum Gasteiger partial charge on any atom is 0.162 e. The number of rotatable bonds is 5. The summed E-state index contributed by atoms with van der Waals surface area (Å²) in [6.07, 6.45) is 3.21. The Morgan fingerprint density at radius 1 is 1.40 bits per heavy atom. The van der Waals surface area contributed by atoms with Crippen LogP contribution >= 0.6 is 11.8 Å². The van der Waals surface area contributed by atoms with Crippen molar-refractivity contribution in [2.75, 3.05) is 12.0 Å². The standard InChI is InChI=1S/C11H15F2NS/c1-15-6-5-9(14)7-8-3-2-4-10(12)11(8)13/h2-4,9H,5-7,14H2,1H3. The molecule has 1 aromatic carbocycles. The van der Waals surface area contributed by atoms with Crippen molar-refractivity contribution in [2.24, 2.45) is 5.73 Å². The molecule has 1 aromatic rings. The van der Waals surface area contributed by atoms with Crippen LogP contribution in [0.15, 0.2) is 18.2 Å². The minimum Gasteiger partial charge on any atom is -0.327 e. The van der Waals surface area contributed by atoms with Gasteiger partial charge in [-0.25, -0.2) is 8.78 Å². The molecule has 0 aliphatic heterocycles. The van der Waals surface area contributed by atoms with Gasteiger partial charge in [0.2, 0.25) is 0 Å². The summed E-state index contributed by atoms with van der Waals surface area (Å²) in [7, 11) is 0. The average Bonchev–Trinajstić information content (AvgIpc) is 2.22. The van der Waals surface area contributed by atoms with E-state index in [1.54, 1.807) is 17.8 Å². The normalized spacial score (nSPS) is 12.8. The molecule has 84 valence electrons. The highest BCUT2D eigenvalue weighted by Gasteiger charge is 2.10. The molecule has 15 heavy (non-hydrogen) atoms. The van der Waals surface area contributed by atoms with E-state index in [1.807, 2.05) is 6.26 Å². The smallest absolute Gasteiger partial charge is 0.162 e. The zero-order valence-corrected chi connectivity index (χ0v) is 9.49. The van der Waals surface area contributed by atoms with E-state index >= 15 is 0 Å². The molecule has 0 fully saturated rings. The van der Waals surface area contributed by atoms with E-state index in [9.17, 15) is 8.78 Å². The maximum atomic E-state index is 13.2. The molecule has 0 aliphatic carbocycles. The highest BCUT2D eigenvalue weighted by atomic mass is 32.2. The monoisotopic (exact) mass is 231 g/mol. The summed E-state index contributed by atoms with van der Waals surface area (Å²) in [6, 6.07) is 4.10. The number of hydrogen-bond donors (Lipinski definition) is 1. The van der Waals surface area contributed by atoms with Crippen molar-refractivity contribution in [1.82, 2.24) is 0 Å². The fourth-order valence-electron chi connectivity index (χ4n) is 1.36. The third-order valence-corrected chi connectivity index (χ3v) is 2.85. The lowest BCUT2D eigenvalue weighted by molar-refractivity contribution is 0.492. The van der Waals surface area contributed by atoms with E-state index in [2.05, 4.69) is 0 Å². The van der Waals surface area contributed by atoms with Gasteiger partial charge in [0.05, 0.1) is 0 Å². The first-order valence-electron chi connectivity index (χ1n) is 4.82. The molecule has 2 N–H and O–H groups in total. The molecule has 0 saturated carbocycles. The molecule has 0 heterocycles. The highest BCUT2D eigenvalue weighted by Crippen LogP contribution is 2.14. The van der Waals surface area contributed by atoms with Gasteiger partial charge in [0.15, 0.2) is 11.6 Å². The van der Waals surface area contributed by atoms with Crippen molar-refractivity contribution in [3.8, 4) is 0 Å². The van der Waals surface area contributed by atoms with Crippen molar-refractivity contribution < 1.29 is 8.78 Å². The average molecular weight is 231 g/mol. The lowest BCUT2D eigenvalue weighted by atomic mass is 10.0. The zero-order valence-electron chi connectivity index (χ0n) is 8.67. The van der Waals surface area contributed by atoms with E-state index < -0.39 is 11.6 Å². The Labute approximate surface area is 93.1 Å².